The molecule has 240 valence electrons. The van der Waals surface area contributed by atoms with Gasteiger partial charge in [0.1, 0.15) is 0 Å². The quantitative estimate of drug-likeness (QED) is 0.189. The lowest BCUT2D eigenvalue weighted by molar-refractivity contribution is -0.105. The first kappa shape index (κ1) is 31.7. The summed E-state index contributed by atoms with van der Waals surface area (Å²) in [7, 11) is 0. The van der Waals surface area contributed by atoms with Crippen LogP contribution in [0, 0.1) is 71.0 Å². The molecule has 6 unspecified atom stereocenters. The molecule has 0 aromatic heterocycles. The van der Waals surface area contributed by atoms with Crippen molar-refractivity contribution in [2.45, 2.75) is 180 Å². The first-order valence-corrected chi connectivity index (χ1v) is 20.4. The second kappa shape index (κ2) is 15.8. The molecule has 6 saturated carbocycles. The minimum Gasteiger partial charge on any atom is -0.103 e. The molecule has 0 nitrogen and oxygen atoms in total. The van der Waals surface area contributed by atoms with Gasteiger partial charge in [0.25, 0.3) is 0 Å². The Bertz CT molecular complexity index is 790. The van der Waals surface area contributed by atoms with Crippen LogP contribution in [0.4, 0.5) is 0 Å². The Morgan fingerprint density at radius 3 is 2.00 bits per heavy atom. The standard InChI is InChI=1S/C42H72/c1-3-31-20-16-26-39-40(29-31)42(36-28-27-34-22-10-5-6-11-23-35(34)30-36)38-25-15-14-24-37(38)41(39)33(4-2)21-13-12-19-32-17-8-7-9-18-32/h3,31-42H,1,4-30H2,2H3/t31-,33?,34+,35?,36-,37-,38?,39+,40?,41?,42?/m0/s1. The lowest BCUT2D eigenvalue weighted by Crippen LogP contribution is -2.52. The molecule has 0 N–H and O–H groups in total. The minimum atomic E-state index is 0.802. The van der Waals surface area contributed by atoms with Crippen molar-refractivity contribution in [3.8, 4) is 0 Å². The number of rotatable bonds is 9. The van der Waals surface area contributed by atoms with Gasteiger partial charge < -0.3 is 0 Å². The van der Waals surface area contributed by atoms with Crippen molar-refractivity contribution in [2.24, 2.45) is 71.0 Å². The predicted molar refractivity (Wildman–Crippen MR) is 182 cm³/mol. The lowest BCUT2D eigenvalue weighted by Gasteiger charge is -2.59. The van der Waals surface area contributed by atoms with E-state index < -0.39 is 0 Å². The zero-order chi connectivity index (χ0) is 28.7. The molecule has 0 heteroatoms. The molecule has 0 aromatic rings. The normalized spacial score (nSPS) is 42.6. The van der Waals surface area contributed by atoms with E-state index in [1.807, 2.05) is 0 Å². The second-order valence-corrected chi connectivity index (χ2v) is 17.3. The Hall–Kier alpha value is -0.260. The summed E-state index contributed by atoms with van der Waals surface area (Å²) in [6.45, 7) is 7.02. The highest BCUT2D eigenvalue weighted by Gasteiger charge is 2.55. The summed E-state index contributed by atoms with van der Waals surface area (Å²) in [6, 6.07) is 0. The molecule has 0 heterocycles. The van der Waals surface area contributed by atoms with Gasteiger partial charge in [0.15, 0.2) is 0 Å². The van der Waals surface area contributed by atoms with Crippen LogP contribution in [0.15, 0.2) is 12.7 Å². The summed E-state index contributed by atoms with van der Waals surface area (Å²) in [4.78, 5) is 0. The van der Waals surface area contributed by atoms with Gasteiger partial charge in [0.2, 0.25) is 0 Å². The zero-order valence-corrected chi connectivity index (χ0v) is 28.3. The van der Waals surface area contributed by atoms with E-state index in [2.05, 4.69) is 19.6 Å². The van der Waals surface area contributed by atoms with Crippen LogP contribution in [0.5, 0.6) is 0 Å². The van der Waals surface area contributed by atoms with Crippen molar-refractivity contribution < 1.29 is 0 Å². The maximum atomic E-state index is 4.41. The van der Waals surface area contributed by atoms with Crippen LogP contribution < -0.4 is 0 Å². The molecule has 0 aromatic carbocycles. The first-order chi connectivity index (χ1) is 20.8. The van der Waals surface area contributed by atoms with Crippen LogP contribution >= 0.6 is 0 Å². The van der Waals surface area contributed by atoms with Crippen LogP contribution in [0.1, 0.15) is 180 Å². The third kappa shape index (κ3) is 7.41. The monoisotopic (exact) mass is 577 g/mol. The zero-order valence-electron chi connectivity index (χ0n) is 28.3. The van der Waals surface area contributed by atoms with E-state index in [4.69, 9.17) is 0 Å². The molecule has 6 fully saturated rings. The van der Waals surface area contributed by atoms with Gasteiger partial charge in [0.05, 0.1) is 0 Å². The molecule has 42 heavy (non-hydrogen) atoms. The summed E-state index contributed by atoms with van der Waals surface area (Å²) in [6.07, 6.45) is 44.1. The van der Waals surface area contributed by atoms with Gasteiger partial charge in [-0.3, -0.25) is 0 Å². The van der Waals surface area contributed by atoms with E-state index in [0.29, 0.717) is 0 Å². The van der Waals surface area contributed by atoms with Crippen molar-refractivity contribution >= 4 is 0 Å². The van der Waals surface area contributed by atoms with Crippen LogP contribution in [-0.2, 0) is 0 Å². The molecule has 0 spiro atoms. The summed E-state index contributed by atoms with van der Waals surface area (Å²) >= 11 is 0. The Balaban J connectivity index is 1.21. The molecular weight excluding hydrogens is 504 g/mol. The number of hydrogen-bond acceptors (Lipinski definition) is 0. The average molecular weight is 577 g/mol. The van der Waals surface area contributed by atoms with Gasteiger partial charge in [-0.05, 0) is 122 Å². The Morgan fingerprint density at radius 2 is 1.21 bits per heavy atom. The smallest absolute Gasteiger partial charge is 0.0233 e. The maximum Gasteiger partial charge on any atom is -0.0233 e. The topological polar surface area (TPSA) is 0 Å². The Morgan fingerprint density at radius 1 is 0.571 bits per heavy atom. The SMILES string of the molecule is C=C[C@H]1CCC[C@@H]2C(C1)C([C@H]1CC[C@H]3CCCCCCC3C1)C1CCCC[C@@H]1C2C(CC)CCCCC1CCCCC1. The van der Waals surface area contributed by atoms with E-state index in [-0.39, 0.29) is 0 Å². The maximum absolute atomic E-state index is 4.41. The molecule has 0 amide bonds. The fourth-order valence-corrected chi connectivity index (χ4v) is 13.4. The van der Waals surface area contributed by atoms with Gasteiger partial charge in [-0.1, -0.05) is 135 Å². The van der Waals surface area contributed by atoms with E-state index in [1.54, 1.807) is 89.9 Å². The van der Waals surface area contributed by atoms with E-state index in [0.717, 1.165) is 71.0 Å². The number of hydrogen-bond donors (Lipinski definition) is 0. The Labute approximate surface area is 263 Å². The third-order valence-electron chi connectivity index (χ3n) is 15.3. The van der Waals surface area contributed by atoms with Crippen molar-refractivity contribution in [2.75, 3.05) is 0 Å². The highest BCUT2D eigenvalue weighted by atomic mass is 14.6. The van der Waals surface area contributed by atoms with Gasteiger partial charge in [-0.25, -0.2) is 0 Å². The fraction of sp³-hybridized carbons (Fsp3) is 0.952. The third-order valence-corrected chi connectivity index (χ3v) is 15.3. The summed E-state index contributed by atoms with van der Waals surface area (Å²) < 4.78 is 0. The number of allylic oxidation sites excluding steroid dienone is 1. The van der Waals surface area contributed by atoms with E-state index >= 15 is 0 Å². The molecule has 0 radical (unpaired) electrons. The number of unbranched alkanes of at least 4 members (excludes halogenated alkanes) is 1. The summed E-state index contributed by atoms with van der Waals surface area (Å²) in [5, 5.41) is 0. The van der Waals surface area contributed by atoms with Crippen molar-refractivity contribution in [1.82, 2.24) is 0 Å². The largest absolute Gasteiger partial charge is 0.103 e. The molecule has 0 aliphatic heterocycles. The molecular formula is C42H72. The molecule has 0 saturated heterocycles. The van der Waals surface area contributed by atoms with Gasteiger partial charge in [-0.2, -0.15) is 0 Å². The molecule has 6 aliphatic rings. The molecule has 0 bridgehead atoms. The van der Waals surface area contributed by atoms with Gasteiger partial charge in [0, 0.05) is 0 Å². The van der Waals surface area contributed by atoms with Crippen LogP contribution in [-0.4, -0.2) is 0 Å². The van der Waals surface area contributed by atoms with E-state index in [1.165, 1.54) is 83.5 Å². The highest BCUT2D eigenvalue weighted by Crippen LogP contribution is 2.62. The van der Waals surface area contributed by atoms with Gasteiger partial charge >= 0.3 is 0 Å². The summed E-state index contributed by atoms with van der Waals surface area (Å²) in [5.74, 6) is 12.4. The molecule has 11 atom stereocenters. The van der Waals surface area contributed by atoms with Crippen molar-refractivity contribution in [3.05, 3.63) is 12.7 Å². The fourth-order valence-electron chi connectivity index (χ4n) is 13.4. The average Bonchev–Trinajstić information content (AvgIpc) is 3.23. The first-order valence-electron chi connectivity index (χ1n) is 20.4. The van der Waals surface area contributed by atoms with Crippen LogP contribution in [0.2, 0.25) is 0 Å². The van der Waals surface area contributed by atoms with E-state index in [9.17, 15) is 0 Å². The van der Waals surface area contributed by atoms with Crippen molar-refractivity contribution in [3.63, 3.8) is 0 Å². The molecule has 6 rings (SSSR count). The molecule has 6 aliphatic carbocycles. The van der Waals surface area contributed by atoms with Crippen LogP contribution in [0.25, 0.3) is 0 Å². The lowest BCUT2D eigenvalue weighted by atomic mass is 9.46. The predicted octanol–water partition coefficient (Wildman–Crippen LogP) is 13.2. The van der Waals surface area contributed by atoms with Crippen molar-refractivity contribution in [1.29, 1.82) is 0 Å². The number of fused-ring (bicyclic) bond motifs is 3. The summed E-state index contributed by atoms with van der Waals surface area (Å²) in [5.41, 5.74) is 0. The highest BCUT2D eigenvalue weighted by molar-refractivity contribution is 5.05. The Kier molecular flexibility index (Phi) is 12.0. The van der Waals surface area contributed by atoms with Crippen LogP contribution in [0.3, 0.4) is 0 Å². The second-order valence-electron chi connectivity index (χ2n) is 17.3. The minimum absolute atomic E-state index is 0.802. The van der Waals surface area contributed by atoms with Gasteiger partial charge in [-0.15, -0.1) is 6.58 Å².